The molecule has 0 atom stereocenters. The summed E-state index contributed by atoms with van der Waals surface area (Å²) in [4.78, 5) is 0. The lowest BCUT2D eigenvalue weighted by molar-refractivity contribution is 0.00737. The number of nitrogens with zero attached hydrogens (tertiary/aromatic N) is 4. The van der Waals surface area contributed by atoms with Gasteiger partial charge in [-0.3, -0.25) is 0 Å². The first-order chi connectivity index (χ1) is 7.11. The van der Waals surface area contributed by atoms with Crippen molar-refractivity contribution >= 4 is 0 Å². The lowest BCUT2D eigenvalue weighted by atomic mass is 10.1. The molecule has 0 unspecified atom stereocenters. The van der Waals surface area contributed by atoms with Crippen molar-refractivity contribution in [3.63, 3.8) is 0 Å². The Bertz CT molecular complexity index is 296. The summed E-state index contributed by atoms with van der Waals surface area (Å²) < 4.78 is 7.12. The standard InChI is InChI=1S/C9H19N5O/c1-9(2,15-3)8-11-12-13-14(8)7-5-4-6-10/h4-7,10H2,1-3H3. The van der Waals surface area contributed by atoms with E-state index in [1.807, 2.05) is 13.8 Å². The highest BCUT2D eigenvalue weighted by atomic mass is 16.5. The molecule has 0 saturated carbocycles. The summed E-state index contributed by atoms with van der Waals surface area (Å²) in [6.45, 7) is 5.37. The first-order valence-corrected chi connectivity index (χ1v) is 5.13. The third kappa shape index (κ3) is 2.97. The van der Waals surface area contributed by atoms with Gasteiger partial charge in [0.05, 0.1) is 0 Å². The molecule has 0 aromatic carbocycles. The van der Waals surface area contributed by atoms with Crippen LogP contribution in [-0.2, 0) is 16.9 Å². The highest BCUT2D eigenvalue weighted by Gasteiger charge is 2.26. The summed E-state index contributed by atoms with van der Waals surface area (Å²) >= 11 is 0. The smallest absolute Gasteiger partial charge is 0.182 e. The molecular weight excluding hydrogens is 194 g/mol. The number of aryl methyl sites for hydroxylation is 1. The molecule has 0 fully saturated rings. The number of hydrogen-bond acceptors (Lipinski definition) is 5. The molecule has 2 N–H and O–H groups in total. The number of nitrogens with two attached hydrogens (primary N) is 1. The Labute approximate surface area is 89.8 Å². The van der Waals surface area contributed by atoms with Crippen LogP contribution in [0.5, 0.6) is 0 Å². The van der Waals surface area contributed by atoms with E-state index >= 15 is 0 Å². The van der Waals surface area contributed by atoms with Crippen LogP contribution >= 0.6 is 0 Å². The Morgan fingerprint density at radius 1 is 1.40 bits per heavy atom. The van der Waals surface area contributed by atoms with Crippen LogP contribution in [0.1, 0.15) is 32.5 Å². The highest BCUT2D eigenvalue weighted by molar-refractivity contribution is 4.95. The van der Waals surface area contributed by atoms with Crippen molar-refractivity contribution in [3.8, 4) is 0 Å². The van der Waals surface area contributed by atoms with Crippen molar-refractivity contribution in [1.82, 2.24) is 20.2 Å². The Morgan fingerprint density at radius 2 is 2.13 bits per heavy atom. The largest absolute Gasteiger partial charge is 0.371 e. The van der Waals surface area contributed by atoms with Gasteiger partial charge in [-0.1, -0.05) is 0 Å². The molecule has 0 aliphatic carbocycles. The highest BCUT2D eigenvalue weighted by Crippen LogP contribution is 2.20. The van der Waals surface area contributed by atoms with Gasteiger partial charge in [0.25, 0.3) is 0 Å². The summed E-state index contributed by atoms with van der Waals surface area (Å²) in [5.74, 6) is 0.752. The maximum atomic E-state index is 5.43. The van der Waals surface area contributed by atoms with Crippen LogP contribution in [0.15, 0.2) is 0 Å². The van der Waals surface area contributed by atoms with Crippen LogP contribution in [0.2, 0.25) is 0 Å². The molecule has 0 spiro atoms. The Morgan fingerprint density at radius 3 is 2.73 bits per heavy atom. The third-order valence-electron chi connectivity index (χ3n) is 2.40. The topological polar surface area (TPSA) is 78.9 Å². The molecule has 0 aliphatic heterocycles. The van der Waals surface area contributed by atoms with Crippen molar-refractivity contribution in [2.45, 2.75) is 38.8 Å². The molecule has 0 radical (unpaired) electrons. The molecule has 15 heavy (non-hydrogen) atoms. The van der Waals surface area contributed by atoms with Crippen LogP contribution in [0.3, 0.4) is 0 Å². The summed E-state index contributed by atoms with van der Waals surface area (Å²) in [7, 11) is 1.65. The van der Waals surface area contributed by atoms with Gasteiger partial charge in [0.15, 0.2) is 5.82 Å². The molecule has 0 bridgehead atoms. The molecule has 0 aliphatic rings. The number of rotatable bonds is 6. The fourth-order valence-corrected chi connectivity index (χ4v) is 1.28. The van der Waals surface area contributed by atoms with Crippen LogP contribution in [0.4, 0.5) is 0 Å². The monoisotopic (exact) mass is 213 g/mol. The van der Waals surface area contributed by atoms with E-state index < -0.39 is 5.60 Å². The van der Waals surface area contributed by atoms with Crippen molar-refractivity contribution < 1.29 is 4.74 Å². The first-order valence-electron chi connectivity index (χ1n) is 5.13. The minimum absolute atomic E-state index is 0.452. The zero-order chi connectivity index (χ0) is 11.3. The van der Waals surface area contributed by atoms with Crippen LogP contribution < -0.4 is 5.73 Å². The van der Waals surface area contributed by atoms with Gasteiger partial charge in [-0.05, 0) is 43.7 Å². The molecule has 1 aromatic rings. The molecule has 1 heterocycles. The molecule has 0 amide bonds. The van der Waals surface area contributed by atoms with Gasteiger partial charge in [-0.2, -0.15) is 0 Å². The summed E-state index contributed by atoms with van der Waals surface area (Å²) in [5, 5.41) is 11.6. The summed E-state index contributed by atoms with van der Waals surface area (Å²) in [5.41, 5.74) is 4.98. The minimum atomic E-state index is -0.452. The number of ether oxygens (including phenoxy) is 1. The van der Waals surface area contributed by atoms with E-state index in [9.17, 15) is 0 Å². The molecule has 1 aromatic heterocycles. The number of tetrazole rings is 1. The van der Waals surface area contributed by atoms with E-state index in [2.05, 4.69) is 15.5 Å². The molecule has 6 heteroatoms. The molecular formula is C9H19N5O. The number of methoxy groups -OCH3 is 1. The lowest BCUT2D eigenvalue weighted by Crippen LogP contribution is -2.25. The summed E-state index contributed by atoms with van der Waals surface area (Å²) in [6.07, 6.45) is 1.96. The molecule has 0 saturated heterocycles. The van der Waals surface area contributed by atoms with Gasteiger partial charge in [0.1, 0.15) is 5.60 Å². The third-order valence-corrected chi connectivity index (χ3v) is 2.40. The predicted octanol–water partition coefficient (Wildman–Crippen LogP) is 0.293. The van der Waals surface area contributed by atoms with E-state index in [1.54, 1.807) is 11.8 Å². The Kier molecular flexibility index (Phi) is 4.16. The van der Waals surface area contributed by atoms with E-state index in [1.165, 1.54) is 0 Å². The average Bonchev–Trinajstić information content (AvgIpc) is 2.67. The second kappa shape index (κ2) is 5.18. The molecule has 1 rings (SSSR count). The number of hydrogen-bond donors (Lipinski definition) is 1. The fourth-order valence-electron chi connectivity index (χ4n) is 1.28. The van der Waals surface area contributed by atoms with Crippen molar-refractivity contribution in [1.29, 1.82) is 0 Å². The predicted molar refractivity (Wildman–Crippen MR) is 56.1 cm³/mol. The lowest BCUT2D eigenvalue weighted by Gasteiger charge is -2.21. The zero-order valence-corrected chi connectivity index (χ0v) is 9.60. The fraction of sp³-hybridized carbons (Fsp3) is 0.889. The normalized spacial score (nSPS) is 12.0. The van der Waals surface area contributed by atoms with Gasteiger partial charge in [0.2, 0.25) is 0 Å². The van der Waals surface area contributed by atoms with Gasteiger partial charge >= 0.3 is 0 Å². The minimum Gasteiger partial charge on any atom is -0.371 e. The van der Waals surface area contributed by atoms with Gasteiger partial charge in [-0.15, -0.1) is 5.10 Å². The van der Waals surface area contributed by atoms with E-state index in [-0.39, 0.29) is 0 Å². The Hall–Kier alpha value is -1.01. The van der Waals surface area contributed by atoms with Crippen LogP contribution in [0, 0.1) is 0 Å². The first kappa shape index (κ1) is 12.1. The van der Waals surface area contributed by atoms with Crippen LogP contribution in [-0.4, -0.2) is 33.9 Å². The van der Waals surface area contributed by atoms with Crippen molar-refractivity contribution in [3.05, 3.63) is 5.82 Å². The van der Waals surface area contributed by atoms with E-state index in [0.29, 0.717) is 6.54 Å². The zero-order valence-electron chi connectivity index (χ0n) is 9.60. The number of aromatic nitrogens is 4. The van der Waals surface area contributed by atoms with Gasteiger partial charge < -0.3 is 10.5 Å². The molecule has 86 valence electrons. The Balaban J connectivity index is 2.69. The summed E-state index contributed by atoms with van der Waals surface area (Å²) in [6, 6.07) is 0. The van der Waals surface area contributed by atoms with Crippen molar-refractivity contribution in [2.24, 2.45) is 5.73 Å². The van der Waals surface area contributed by atoms with Crippen molar-refractivity contribution in [2.75, 3.05) is 13.7 Å². The maximum absolute atomic E-state index is 5.43. The van der Waals surface area contributed by atoms with Gasteiger partial charge in [0, 0.05) is 13.7 Å². The molecule has 6 nitrogen and oxygen atoms in total. The van der Waals surface area contributed by atoms with Crippen LogP contribution in [0.25, 0.3) is 0 Å². The second-order valence-electron chi connectivity index (χ2n) is 3.94. The average molecular weight is 213 g/mol. The van der Waals surface area contributed by atoms with E-state index in [0.717, 1.165) is 25.2 Å². The van der Waals surface area contributed by atoms with Gasteiger partial charge in [-0.25, -0.2) is 4.68 Å². The second-order valence-corrected chi connectivity index (χ2v) is 3.94. The number of unbranched alkanes of at least 4 members (excludes halogenated alkanes) is 1. The SMILES string of the molecule is COC(C)(C)c1nnnn1CCCCN. The maximum Gasteiger partial charge on any atom is 0.182 e. The quantitative estimate of drug-likeness (QED) is 0.687. The van der Waals surface area contributed by atoms with E-state index in [4.69, 9.17) is 10.5 Å².